The Balaban J connectivity index is 1.51. The van der Waals surface area contributed by atoms with Gasteiger partial charge < -0.3 is 35.6 Å². The Morgan fingerprint density at radius 3 is 2.50 bits per heavy atom. The number of hydrogen-bond acceptors (Lipinski definition) is 8. The number of nitrogen functional groups attached to an aromatic ring is 1. The molecule has 2 fully saturated rings. The van der Waals surface area contributed by atoms with Gasteiger partial charge in [0.2, 0.25) is 0 Å². The average Bonchev–Trinajstić information content (AvgIpc) is 3.32. The van der Waals surface area contributed by atoms with Crippen molar-refractivity contribution in [3.05, 3.63) is 47.1 Å². The predicted octanol–water partition coefficient (Wildman–Crippen LogP) is 4.17. The standard InChI is InChI=1S/C28H34ClN7O4/c1-16-13-35(28(38)39)14-17(2)36(16)25-23(30)24(32-27(33-25)40-15-19-9-6-12-34(19)3)26(37)31-21-11-5-8-18-7-4-10-20(29)22(18)21/h4-5,7-8,10-11,16-17,19H,6,9,12-15,30H2,1-3H3,(H,31,37)(H,38,39)/t16-,17-,19?/m0/s1. The number of anilines is 3. The van der Waals surface area contributed by atoms with Crippen molar-refractivity contribution in [2.45, 2.75) is 44.8 Å². The van der Waals surface area contributed by atoms with Gasteiger partial charge in [-0.1, -0.05) is 35.9 Å². The number of fused-ring (bicyclic) bond motifs is 1. The van der Waals surface area contributed by atoms with Gasteiger partial charge in [0.25, 0.3) is 5.91 Å². The molecule has 12 heteroatoms. The highest BCUT2D eigenvalue weighted by Crippen LogP contribution is 2.34. The summed E-state index contributed by atoms with van der Waals surface area (Å²) in [5, 5.41) is 14.6. The maximum Gasteiger partial charge on any atom is 0.407 e. The van der Waals surface area contributed by atoms with Crippen molar-refractivity contribution in [1.29, 1.82) is 0 Å². The van der Waals surface area contributed by atoms with Crippen molar-refractivity contribution >= 4 is 51.6 Å². The summed E-state index contributed by atoms with van der Waals surface area (Å²) in [6.07, 6.45) is 1.11. The van der Waals surface area contributed by atoms with E-state index in [9.17, 15) is 14.7 Å². The zero-order chi connectivity index (χ0) is 28.6. The van der Waals surface area contributed by atoms with Gasteiger partial charge in [0, 0.05) is 36.6 Å². The van der Waals surface area contributed by atoms with E-state index in [0.717, 1.165) is 24.8 Å². The van der Waals surface area contributed by atoms with Crippen LogP contribution in [0.15, 0.2) is 36.4 Å². The number of likely N-dealkylation sites (N-methyl/N-ethyl adjacent to an activating group) is 1. The smallest absolute Gasteiger partial charge is 0.407 e. The number of nitrogens with two attached hydrogens (primary N) is 1. The van der Waals surface area contributed by atoms with E-state index in [0.29, 0.717) is 28.5 Å². The van der Waals surface area contributed by atoms with E-state index < -0.39 is 12.0 Å². The second kappa shape index (κ2) is 11.3. The molecule has 0 aliphatic carbocycles. The first-order valence-corrected chi connectivity index (χ1v) is 13.8. The molecule has 3 heterocycles. The zero-order valence-corrected chi connectivity index (χ0v) is 23.6. The third-order valence-electron chi connectivity index (χ3n) is 7.73. The van der Waals surface area contributed by atoms with Crippen molar-refractivity contribution in [2.75, 3.05) is 49.2 Å². The SMILES string of the molecule is C[C@H]1CN(C(=O)O)C[C@H](C)N1c1nc(OCC2CCCN2C)nc(C(=O)Nc2cccc3cccc(Cl)c23)c1N. The van der Waals surface area contributed by atoms with Crippen LogP contribution in [0.3, 0.4) is 0 Å². The van der Waals surface area contributed by atoms with Crippen LogP contribution in [0.1, 0.15) is 37.2 Å². The Bertz CT molecular complexity index is 1420. The number of hydrogen-bond donors (Lipinski definition) is 3. The number of piperazine rings is 1. The maximum absolute atomic E-state index is 13.7. The Kier molecular flexibility index (Phi) is 7.86. The number of benzene rings is 2. The Morgan fingerprint density at radius 2 is 1.85 bits per heavy atom. The fraction of sp³-hybridized carbons (Fsp3) is 0.429. The monoisotopic (exact) mass is 567 g/mol. The van der Waals surface area contributed by atoms with Crippen LogP contribution in [0, 0.1) is 0 Å². The molecule has 2 saturated heterocycles. The topological polar surface area (TPSA) is 137 Å². The molecule has 3 aromatic rings. The number of ether oxygens (including phenoxy) is 1. The first-order valence-electron chi connectivity index (χ1n) is 13.4. The molecular formula is C28H34ClN7O4. The molecule has 11 nitrogen and oxygen atoms in total. The third kappa shape index (κ3) is 5.44. The Labute approximate surface area is 237 Å². The quantitative estimate of drug-likeness (QED) is 0.401. The molecule has 212 valence electrons. The van der Waals surface area contributed by atoms with Crippen LogP contribution in [-0.2, 0) is 0 Å². The molecule has 3 atom stereocenters. The van der Waals surface area contributed by atoms with Crippen LogP contribution < -0.4 is 20.7 Å². The van der Waals surface area contributed by atoms with E-state index in [4.69, 9.17) is 22.1 Å². The van der Waals surface area contributed by atoms with Crippen molar-refractivity contribution in [2.24, 2.45) is 0 Å². The second-order valence-corrected chi connectivity index (χ2v) is 11.0. The molecule has 2 aliphatic rings. The highest BCUT2D eigenvalue weighted by atomic mass is 35.5. The molecule has 4 N–H and O–H groups in total. The molecule has 1 unspecified atom stereocenters. The summed E-state index contributed by atoms with van der Waals surface area (Å²) in [4.78, 5) is 40.0. The first kappa shape index (κ1) is 27.7. The maximum atomic E-state index is 13.7. The number of carbonyl (C=O) groups is 2. The summed E-state index contributed by atoms with van der Waals surface area (Å²) in [6.45, 7) is 5.70. The second-order valence-electron chi connectivity index (χ2n) is 10.6. The Hall–Kier alpha value is -3.83. The number of carbonyl (C=O) groups excluding carboxylic acids is 1. The largest absolute Gasteiger partial charge is 0.465 e. The minimum absolute atomic E-state index is 0.0242. The summed E-state index contributed by atoms with van der Waals surface area (Å²) in [5.41, 5.74) is 7.19. The van der Waals surface area contributed by atoms with E-state index in [1.165, 1.54) is 4.90 Å². The number of halogens is 1. The normalized spacial score (nSPS) is 21.6. The lowest BCUT2D eigenvalue weighted by Crippen LogP contribution is -2.58. The van der Waals surface area contributed by atoms with E-state index in [1.54, 1.807) is 12.1 Å². The van der Waals surface area contributed by atoms with Gasteiger partial charge >= 0.3 is 12.1 Å². The average molecular weight is 568 g/mol. The van der Waals surface area contributed by atoms with Crippen molar-refractivity contribution in [3.63, 3.8) is 0 Å². The van der Waals surface area contributed by atoms with Gasteiger partial charge in [-0.25, -0.2) is 4.79 Å². The molecule has 2 aliphatic heterocycles. The van der Waals surface area contributed by atoms with Crippen LogP contribution in [0.2, 0.25) is 5.02 Å². The molecule has 0 saturated carbocycles. The van der Waals surface area contributed by atoms with Gasteiger partial charge in [-0.2, -0.15) is 9.97 Å². The minimum Gasteiger partial charge on any atom is -0.465 e. The van der Waals surface area contributed by atoms with E-state index in [1.807, 2.05) is 43.0 Å². The zero-order valence-electron chi connectivity index (χ0n) is 22.8. The lowest BCUT2D eigenvalue weighted by Gasteiger charge is -2.44. The van der Waals surface area contributed by atoms with Crippen molar-refractivity contribution < 1.29 is 19.4 Å². The van der Waals surface area contributed by atoms with E-state index in [-0.39, 0.29) is 48.6 Å². The number of amides is 2. The van der Waals surface area contributed by atoms with Crippen molar-refractivity contribution in [1.82, 2.24) is 19.8 Å². The van der Waals surface area contributed by atoms with Crippen LogP contribution in [-0.4, -0.2) is 88.3 Å². The molecule has 1 aromatic heterocycles. The van der Waals surface area contributed by atoms with Crippen LogP contribution in [0.5, 0.6) is 6.01 Å². The minimum atomic E-state index is -0.979. The third-order valence-corrected chi connectivity index (χ3v) is 8.05. The lowest BCUT2D eigenvalue weighted by atomic mass is 10.1. The highest BCUT2D eigenvalue weighted by molar-refractivity contribution is 6.37. The summed E-state index contributed by atoms with van der Waals surface area (Å²) < 4.78 is 6.06. The first-order chi connectivity index (χ1) is 19.1. The van der Waals surface area contributed by atoms with Gasteiger partial charge in [0.15, 0.2) is 11.5 Å². The fourth-order valence-electron chi connectivity index (χ4n) is 5.71. The van der Waals surface area contributed by atoms with Crippen LogP contribution in [0.4, 0.5) is 22.0 Å². The van der Waals surface area contributed by atoms with Gasteiger partial charge in [-0.15, -0.1) is 0 Å². The number of aromatic nitrogens is 2. The molecular weight excluding hydrogens is 534 g/mol. The molecule has 40 heavy (non-hydrogen) atoms. The number of nitrogens with zero attached hydrogens (tertiary/aromatic N) is 5. The van der Waals surface area contributed by atoms with Gasteiger partial charge in [0.05, 0.1) is 10.7 Å². The van der Waals surface area contributed by atoms with E-state index >= 15 is 0 Å². The van der Waals surface area contributed by atoms with Gasteiger partial charge in [-0.05, 0) is 57.8 Å². The van der Waals surface area contributed by atoms with Gasteiger partial charge in [0.1, 0.15) is 12.3 Å². The summed E-state index contributed by atoms with van der Waals surface area (Å²) in [7, 11) is 2.05. The number of likely N-dealkylation sites (tertiary alicyclic amines) is 1. The molecule has 0 bridgehead atoms. The number of carboxylic acid groups (broad SMARTS) is 1. The number of rotatable bonds is 6. The van der Waals surface area contributed by atoms with Crippen LogP contribution in [0.25, 0.3) is 10.8 Å². The summed E-state index contributed by atoms with van der Waals surface area (Å²) in [5.74, 6) is -0.184. The summed E-state index contributed by atoms with van der Waals surface area (Å²) in [6, 6.07) is 10.8. The Morgan fingerprint density at radius 1 is 1.15 bits per heavy atom. The molecule has 0 spiro atoms. The van der Waals surface area contributed by atoms with E-state index in [2.05, 4.69) is 27.2 Å². The van der Waals surface area contributed by atoms with Gasteiger partial charge in [-0.3, -0.25) is 4.79 Å². The highest BCUT2D eigenvalue weighted by Gasteiger charge is 2.35. The summed E-state index contributed by atoms with van der Waals surface area (Å²) >= 11 is 6.48. The molecule has 2 amide bonds. The number of nitrogens with one attached hydrogen (secondary N) is 1. The van der Waals surface area contributed by atoms with Crippen LogP contribution >= 0.6 is 11.6 Å². The lowest BCUT2D eigenvalue weighted by molar-refractivity contribution is 0.102. The fourth-order valence-corrected chi connectivity index (χ4v) is 5.99. The molecule has 0 radical (unpaired) electrons. The van der Waals surface area contributed by atoms with Crippen molar-refractivity contribution in [3.8, 4) is 6.01 Å². The molecule has 2 aromatic carbocycles. The predicted molar refractivity (Wildman–Crippen MR) is 156 cm³/mol. The molecule has 5 rings (SSSR count).